The lowest BCUT2D eigenvalue weighted by atomic mass is 9.88. The largest absolute Gasteiger partial charge is 0.495 e. The van der Waals surface area contributed by atoms with Gasteiger partial charge < -0.3 is 20.1 Å². The van der Waals surface area contributed by atoms with Crippen LogP contribution >= 0.6 is 22.6 Å². The maximum absolute atomic E-state index is 13.5. The fraction of sp³-hybridized carbons (Fsp3) is 0.348. The second-order valence-electron chi connectivity index (χ2n) is 7.34. The number of aliphatic hydroxyl groups excluding tert-OH is 2. The molecule has 0 aliphatic heterocycles. The van der Waals surface area contributed by atoms with Crippen LogP contribution in [0.4, 0.5) is 4.39 Å². The third-order valence-electron chi connectivity index (χ3n) is 4.67. The van der Waals surface area contributed by atoms with Crippen molar-refractivity contribution in [3.8, 4) is 16.9 Å². The lowest BCUT2D eigenvalue weighted by Crippen LogP contribution is -2.19. The second-order valence-corrected chi connectivity index (χ2v) is 8.51. The maximum Gasteiger partial charge on any atom is 0.305 e. The van der Waals surface area contributed by atoms with Gasteiger partial charge in [-0.05, 0) is 63.4 Å². The Balaban J connectivity index is 2.55. The predicted octanol–water partition coefficient (Wildman–Crippen LogP) is 4.83. The molecule has 0 radical (unpaired) electrons. The molecule has 2 aromatic rings. The van der Waals surface area contributed by atoms with Crippen molar-refractivity contribution >= 4 is 34.6 Å². The standard InChI is InChI=1S/C23H26FIO5/c1-13(2)19-12-20(25)23(30-3)22(14-4-6-15(24)7-5-14)18(19)9-8-16(26)10-17(27)11-21(28)29/h4-9,12-13,16-17,26-27H,10-11H2,1-3H3,(H,28,29)/b9-8+. The van der Waals surface area contributed by atoms with Crippen LogP contribution in [0.1, 0.15) is 43.7 Å². The number of rotatable bonds is 9. The normalized spacial score (nSPS) is 13.6. The minimum Gasteiger partial charge on any atom is -0.495 e. The van der Waals surface area contributed by atoms with E-state index in [1.807, 2.05) is 6.07 Å². The van der Waals surface area contributed by atoms with Crippen LogP contribution in [0.3, 0.4) is 0 Å². The number of aliphatic hydroxyl groups is 2. The number of hydrogen-bond donors (Lipinski definition) is 3. The van der Waals surface area contributed by atoms with E-state index in [1.165, 1.54) is 18.2 Å². The summed E-state index contributed by atoms with van der Waals surface area (Å²) in [5.74, 6) is -0.654. The summed E-state index contributed by atoms with van der Waals surface area (Å²) in [6.07, 6.45) is 0.601. The number of carbonyl (C=O) groups is 1. The fourth-order valence-corrected chi connectivity index (χ4v) is 4.10. The number of carboxylic acid groups (broad SMARTS) is 1. The average Bonchev–Trinajstić information content (AvgIpc) is 2.66. The molecule has 0 aliphatic rings. The molecule has 0 aliphatic carbocycles. The van der Waals surface area contributed by atoms with Gasteiger partial charge in [0.1, 0.15) is 11.6 Å². The first-order valence-corrected chi connectivity index (χ1v) is 10.6. The minimum absolute atomic E-state index is 0.0901. The molecule has 0 amide bonds. The Morgan fingerprint density at radius 2 is 1.87 bits per heavy atom. The van der Waals surface area contributed by atoms with Crippen LogP contribution in [0.2, 0.25) is 0 Å². The Morgan fingerprint density at radius 3 is 2.40 bits per heavy atom. The zero-order valence-electron chi connectivity index (χ0n) is 17.1. The molecular formula is C23H26FIO5. The molecule has 162 valence electrons. The van der Waals surface area contributed by atoms with Crippen LogP contribution in [0.25, 0.3) is 17.2 Å². The number of halogens is 2. The molecular weight excluding hydrogens is 502 g/mol. The third kappa shape index (κ3) is 6.26. The van der Waals surface area contributed by atoms with Gasteiger partial charge in [0.15, 0.2) is 0 Å². The summed E-state index contributed by atoms with van der Waals surface area (Å²) in [5.41, 5.74) is 3.39. The summed E-state index contributed by atoms with van der Waals surface area (Å²) in [6.45, 7) is 4.10. The van der Waals surface area contributed by atoms with Gasteiger partial charge in [-0.25, -0.2) is 4.39 Å². The van der Waals surface area contributed by atoms with Gasteiger partial charge in [-0.15, -0.1) is 0 Å². The molecule has 7 heteroatoms. The van der Waals surface area contributed by atoms with E-state index in [4.69, 9.17) is 9.84 Å². The SMILES string of the molecule is COc1c(I)cc(C(C)C)c(/C=C/C(O)CC(O)CC(=O)O)c1-c1ccc(F)cc1. The molecule has 30 heavy (non-hydrogen) atoms. The van der Waals surface area contributed by atoms with Crippen molar-refractivity contribution < 1.29 is 29.2 Å². The average molecular weight is 528 g/mol. The van der Waals surface area contributed by atoms with Crippen molar-refractivity contribution in [1.82, 2.24) is 0 Å². The van der Waals surface area contributed by atoms with Crippen molar-refractivity contribution in [2.45, 2.75) is 44.8 Å². The molecule has 2 atom stereocenters. The summed E-state index contributed by atoms with van der Waals surface area (Å²) < 4.78 is 20.1. The lowest BCUT2D eigenvalue weighted by Gasteiger charge is -2.20. The zero-order chi connectivity index (χ0) is 22.4. The van der Waals surface area contributed by atoms with E-state index < -0.39 is 24.6 Å². The van der Waals surface area contributed by atoms with Gasteiger partial charge in [0.2, 0.25) is 0 Å². The van der Waals surface area contributed by atoms with Crippen molar-refractivity contribution in [2.24, 2.45) is 0 Å². The fourth-order valence-electron chi connectivity index (χ4n) is 3.28. The molecule has 2 unspecified atom stereocenters. The molecule has 0 saturated carbocycles. The van der Waals surface area contributed by atoms with E-state index >= 15 is 0 Å². The predicted molar refractivity (Wildman–Crippen MR) is 123 cm³/mol. The Kier molecular flexibility index (Phi) is 8.81. The number of carboxylic acids is 1. The zero-order valence-corrected chi connectivity index (χ0v) is 19.3. The Labute approximate surface area is 189 Å². The smallest absolute Gasteiger partial charge is 0.305 e. The van der Waals surface area contributed by atoms with Gasteiger partial charge in [0.25, 0.3) is 0 Å². The van der Waals surface area contributed by atoms with E-state index in [0.29, 0.717) is 5.75 Å². The topological polar surface area (TPSA) is 87.0 Å². The van der Waals surface area contributed by atoms with E-state index in [2.05, 4.69) is 36.4 Å². The Bertz CT molecular complexity index is 909. The van der Waals surface area contributed by atoms with Crippen molar-refractivity contribution in [3.63, 3.8) is 0 Å². The highest BCUT2D eigenvalue weighted by atomic mass is 127. The van der Waals surface area contributed by atoms with Gasteiger partial charge in [0.05, 0.1) is 29.3 Å². The van der Waals surface area contributed by atoms with Crippen molar-refractivity contribution in [2.75, 3.05) is 7.11 Å². The lowest BCUT2D eigenvalue weighted by molar-refractivity contribution is -0.139. The van der Waals surface area contributed by atoms with Crippen molar-refractivity contribution in [1.29, 1.82) is 0 Å². The molecule has 0 fully saturated rings. The molecule has 0 spiro atoms. The van der Waals surface area contributed by atoms with Gasteiger partial charge in [-0.2, -0.15) is 0 Å². The number of aliphatic carboxylic acids is 1. The summed E-state index contributed by atoms with van der Waals surface area (Å²) in [4.78, 5) is 10.7. The van der Waals surface area contributed by atoms with Gasteiger partial charge in [-0.1, -0.05) is 38.1 Å². The summed E-state index contributed by atoms with van der Waals surface area (Å²) in [7, 11) is 1.57. The van der Waals surface area contributed by atoms with Crippen LogP contribution < -0.4 is 4.74 Å². The number of methoxy groups -OCH3 is 1. The van der Waals surface area contributed by atoms with E-state index in [0.717, 1.165) is 25.8 Å². The molecule has 0 saturated heterocycles. The quantitative estimate of drug-likeness (QED) is 0.406. The minimum atomic E-state index is -1.14. The molecule has 0 aromatic heterocycles. The van der Waals surface area contributed by atoms with E-state index in [9.17, 15) is 19.4 Å². The Hall–Kier alpha value is -1.97. The van der Waals surface area contributed by atoms with Crippen LogP contribution in [-0.4, -0.2) is 40.6 Å². The van der Waals surface area contributed by atoms with Crippen LogP contribution in [0, 0.1) is 9.39 Å². The third-order valence-corrected chi connectivity index (χ3v) is 5.48. The van der Waals surface area contributed by atoms with Gasteiger partial charge >= 0.3 is 5.97 Å². The van der Waals surface area contributed by atoms with Crippen LogP contribution in [0.5, 0.6) is 5.75 Å². The number of ether oxygens (including phenoxy) is 1. The molecule has 2 rings (SSSR count). The first kappa shape index (κ1) is 24.3. The molecule has 0 bridgehead atoms. The molecule has 0 heterocycles. The van der Waals surface area contributed by atoms with Gasteiger partial charge in [0, 0.05) is 12.0 Å². The maximum atomic E-state index is 13.5. The van der Waals surface area contributed by atoms with Gasteiger partial charge in [-0.3, -0.25) is 4.79 Å². The highest BCUT2D eigenvalue weighted by molar-refractivity contribution is 14.1. The summed E-state index contributed by atoms with van der Waals surface area (Å²) in [5, 5.41) is 28.8. The van der Waals surface area contributed by atoms with Crippen LogP contribution in [-0.2, 0) is 4.79 Å². The van der Waals surface area contributed by atoms with Crippen molar-refractivity contribution in [3.05, 3.63) is 56.9 Å². The highest BCUT2D eigenvalue weighted by Gasteiger charge is 2.20. The first-order chi connectivity index (χ1) is 14.1. The second kappa shape index (κ2) is 10.9. The number of benzene rings is 2. The van der Waals surface area contributed by atoms with Crippen LogP contribution in [0.15, 0.2) is 36.4 Å². The van der Waals surface area contributed by atoms with E-state index in [1.54, 1.807) is 25.3 Å². The van der Waals surface area contributed by atoms with E-state index in [-0.39, 0.29) is 18.2 Å². The summed E-state index contributed by atoms with van der Waals surface area (Å²) in [6, 6.07) is 8.14. The first-order valence-electron chi connectivity index (χ1n) is 9.56. The molecule has 2 aromatic carbocycles. The Morgan fingerprint density at radius 1 is 1.23 bits per heavy atom. The monoisotopic (exact) mass is 528 g/mol. The molecule has 5 nitrogen and oxygen atoms in total. The summed E-state index contributed by atoms with van der Waals surface area (Å²) >= 11 is 2.20. The molecule has 3 N–H and O–H groups in total. The highest BCUT2D eigenvalue weighted by Crippen LogP contribution is 2.42. The number of hydrogen-bond acceptors (Lipinski definition) is 4.